The number of carbonyl (C=O) groups is 2. The van der Waals surface area contributed by atoms with E-state index in [0.717, 1.165) is 11.8 Å². The summed E-state index contributed by atoms with van der Waals surface area (Å²) in [7, 11) is 1.28. The molecule has 0 aliphatic rings. The second-order valence-electron chi connectivity index (χ2n) is 6.45. The van der Waals surface area contributed by atoms with Gasteiger partial charge in [-0.3, -0.25) is 19.0 Å². The molecule has 0 radical (unpaired) electrons. The number of benzene rings is 2. The first kappa shape index (κ1) is 21.5. The van der Waals surface area contributed by atoms with Gasteiger partial charge in [0.2, 0.25) is 5.91 Å². The van der Waals surface area contributed by atoms with E-state index < -0.39 is 17.0 Å². The van der Waals surface area contributed by atoms with Crippen LogP contribution in [-0.2, 0) is 20.9 Å². The van der Waals surface area contributed by atoms with Gasteiger partial charge in [-0.1, -0.05) is 30.0 Å². The van der Waals surface area contributed by atoms with Gasteiger partial charge in [0.05, 0.1) is 29.7 Å². The summed E-state index contributed by atoms with van der Waals surface area (Å²) in [6, 6.07) is 12.5. The van der Waals surface area contributed by atoms with Gasteiger partial charge in [0.25, 0.3) is 5.56 Å². The molecule has 1 aromatic heterocycles. The van der Waals surface area contributed by atoms with Crippen LogP contribution in [0, 0.1) is 5.82 Å². The number of nitrogens with one attached hydrogen (secondary N) is 1. The SMILES string of the molecule is COC(=O)CCn1c(SC(C)C(=O)Nc2cccc(F)c2)nc2ccccc2c1=O. The molecule has 0 saturated carbocycles. The van der Waals surface area contributed by atoms with Crippen molar-refractivity contribution in [3.63, 3.8) is 0 Å². The third-order valence-electron chi connectivity index (χ3n) is 4.34. The molecule has 3 aromatic rings. The number of rotatable bonds is 7. The van der Waals surface area contributed by atoms with E-state index >= 15 is 0 Å². The van der Waals surface area contributed by atoms with E-state index in [9.17, 15) is 18.8 Å². The van der Waals surface area contributed by atoms with Gasteiger partial charge in [-0.05, 0) is 37.3 Å². The number of esters is 1. The summed E-state index contributed by atoms with van der Waals surface area (Å²) in [4.78, 5) is 41.6. The van der Waals surface area contributed by atoms with Gasteiger partial charge < -0.3 is 10.1 Å². The number of carbonyl (C=O) groups excluding carboxylic acids is 2. The number of aromatic nitrogens is 2. The van der Waals surface area contributed by atoms with Crippen LogP contribution in [0.2, 0.25) is 0 Å². The average Bonchev–Trinajstić information content (AvgIpc) is 2.73. The van der Waals surface area contributed by atoms with E-state index in [0.29, 0.717) is 21.7 Å². The number of para-hydroxylation sites is 1. The lowest BCUT2D eigenvalue weighted by atomic mass is 10.2. The Morgan fingerprint density at radius 1 is 1.23 bits per heavy atom. The molecule has 7 nitrogen and oxygen atoms in total. The summed E-state index contributed by atoms with van der Waals surface area (Å²) in [5.41, 5.74) is 0.531. The summed E-state index contributed by atoms with van der Waals surface area (Å²) >= 11 is 1.08. The number of halogens is 1. The topological polar surface area (TPSA) is 90.3 Å². The fraction of sp³-hybridized carbons (Fsp3) is 0.238. The fourth-order valence-corrected chi connectivity index (χ4v) is 3.70. The molecule has 2 aromatic carbocycles. The highest BCUT2D eigenvalue weighted by atomic mass is 32.2. The van der Waals surface area contributed by atoms with Crippen molar-refractivity contribution in [2.75, 3.05) is 12.4 Å². The monoisotopic (exact) mass is 429 g/mol. The lowest BCUT2D eigenvalue weighted by Gasteiger charge is -2.16. The highest BCUT2D eigenvalue weighted by Gasteiger charge is 2.20. The predicted molar refractivity (Wildman–Crippen MR) is 113 cm³/mol. The smallest absolute Gasteiger partial charge is 0.307 e. The molecule has 30 heavy (non-hydrogen) atoms. The number of fused-ring (bicyclic) bond motifs is 1. The third kappa shape index (κ3) is 5.04. The van der Waals surface area contributed by atoms with Crippen molar-refractivity contribution >= 4 is 40.2 Å². The number of hydrogen-bond acceptors (Lipinski definition) is 6. The minimum Gasteiger partial charge on any atom is -0.469 e. The summed E-state index contributed by atoms with van der Waals surface area (Å²) in [6.45, 7) is 1.73. The van der Waals surface area contributed by atoms with E-state index in [-0.39, 0.29) is 24.4 Å². The Kier molecular flexibility index (Phi) is 6.83. The Balaban J connectivity index is 1.88. The third-order valence-corrected chi connectivity index (χ3v) is 5.43. The molecule has 1 atom stereocenters. The molecular weight excluding hydrogens is 409 g/mol. The van der Waals surface area contributed by atoms with Crippen molar-refractivity contribution in [3.05, 3.63) is 64.7 Å². The predicted octanol–water partition coefficient (Wildman–Crippen LogP) is 3.22. The summed E-state index contributed by atoms with van der Waals surface area (Å²) in [5.74, 6) is -1.28. The molecule has 1 N–H and O–H groups in total. The van der Waals surface area contributed by atoms with Crippen molar-refractivity contribution in [3.8, 4) is 0 Å². The Bertz CT molecular complexity index is 1150. The Morgan fingerprint density at radius 2 is 2.00 bits per heavy atom. The van der Waals surface area contributed by atoms with Crippen LogP contribution in [0.3, 0.4) is 0 Å². The lowest BCUT2D eigenvalue weighted by Crippen LogP contribution is -2.27. The number of anilines is 1. The van der Waals surface area contributed by atoms with E-state index in [1.165, 1.54) is 29.9 Å². The molecule has 1 heterocycles. The zero-order valence-corrected chi connectivity index (χ0v) is 17.2. The van der Waals surface area contributed by atoms with Crippen LogP contribution in [0.15, 0.2) is 58.5 Å². The molecule has 0 spiro atoms. The normalized spacial score (nSPS) is 11.8. The van der Waals surface area contributed by atoms with Crippen LogP contribution in [0.25, 0.3) is 10.9 Å². The van der Waals surface area contributed by atoms with E-state index in [1.54, 1.807) is 37.3 Å². The van der Waals surface area contributed by atoms with Gasteiger partial charge in [-0.25, -0.2) is 9.37 Å². The first-order valence-corrected chi connectivity index (χ1v) is 10.1. The minimum absolute atomic E-state index is 0.00609. The number of ether oxygens (including phenoxy) is 1. The van der Waals surface area contributed by atoms with E-state index in [4.69, 9.17) is 0 Å². The number of amides is 1. The second kappa shape index (κ2) is 9.53. The van der Waals surface area contributed by atoms with Crippen molar-refractivity contribution in [2.45, 2.75) is 30.3 Å². The highest BCUT2D eigenvalue weighted by Crippen LogP contribution is 2.24. The van der Waals surface area contributed by atoms with Crippen molar-refractivity contribution in [2.24, 2.45) is 0 Å². The number of methoxy groups -OCH3 is 1. The maximum absolute atomic E-state index is 13.3. The molecule has 3 rings (SSSR count). The molecule has 0 fully saturated rings. The average molecular weight is 429 g/mol. The molecule has 0 saturated heterocycles. The van der Waals surface area contributed by atoms with Crippen LogP contribution < -0.4 is 10.9 Å². The first-order chi connectivity index (χ1) is 14.4. The molecule has 156 valence electrons. The highest BCUT2D eigenvalue weighted by molar-refractivity contribution is 8.00. The van der Waals surface area contributed by atoms with E-state index in [2.05, 4.69) is 15.0 Å². The standard InChI is InChI=1S/C21H20FN3O4S/c1-13(19(27)23-15-7-5-6-14(22)12-15)30-21-24-17-9-4-3-8-16(17)20(28)25(21)11-10-18(26)29-2/h3-9,12-13H,10-11H2,1-2H3,(H,23,27). The zero-order chi connectivity index (χ0) is 21.7. The van der Waals surface area contributed by atoms with Gasteiger partial charge in [0.1, 0.15) is 5.82 Å². The van der Waals surface area contributed by atoms with Crippen LogP contribution in [0.4, 0.5) is 10.1 Å². The molecule has 0 aliphatic heterocycles. The molecule has 0 aliphatic carbocycles. The minimum atomic E-state index is -0.634. The number of thioether (sulfide) groups is 1. The summed E-state index contributed by atoms with van der Waals surface area (Å²) in [5, 5.41) is 2.74. The van der Waals surface area contributed by atoms with Crippen LogP contribution in [0.1, 0.15) is 13.3 Å². The van der Waals surface area contributed by atoms with Crippen LogP contribution in [0.5, 0.6) is 0 Å². The molecular formula is C21H20FN3O4S. The first-order valence-electron chi connectivity index (χ1n) is 9.18. The summed E-state index contributed by atoms with van der Waals surface area (Å²) in [6.07, 6.45) is -0.00609. The second-order valence-corrected chi connectivity index (χ2v) is 7.76. The van der Waals surface area contributed by atoms with Gasteiger partial charge in [-0.15, -0.1) is 0 Å². The molecule has 1 amide bonds. The molecule has 0 bridgehead atoms. The van der Waals surface area contributed by atoms with Gasteiger partial charge >= 0.3 is 5.97 Å². The Hall–Kier alpha value is -3.20. The van der Waals surface area contributed by atoms with Crippen LogP contribution in [-0.4, -0.2) is 33.8 Å². The number of hydrogen-bond donors (Lipinski definition) is 1. The van der Waals surface area contributed by atoms with Crippen molar-refractivity contribution in [1.82, 2.24) is 9.55 Å². The van der Waals surface area contributed by atoms with Crippen molar-refractivity contribution in [1.29, 1.82) is 0 Å². The Labute approximate surface area is 176 Å². The quantitative estimate of drug-likeness (QED) is 0.352. The van der Waals surface area contributed by atoms with Gasteiger partial charge in [0.15, 0.2) is 5.16 Å². The zero-order valence-electron chi connectivity index (χ0n) is 16.4. The number of nitrogens with zero attached hydrogens (tertiary/aromatic N) is 2. The van der Waals surface area contributed by atoms with Crippen LogP contribution >= 0.6 is 11.8 Å². The largest absolute Gasteiger partial charge is 0.469 e. The molecule has 9 heteroatoms. The Morgan fingerprint density at radius 3 is 2.73 bits per heavy atom. The van der Waals surface area contributed by atoms with Gasteiger partial charge in [-0.2, -0.15) is 0 Å². The maximum atomic E-state index is 13.3. The lowest BCUT2D eigenvalue weighted by molar-refractivity contribution is -0.140. The van der Waals surface area contributed by atoms with Crippen molar-refractivity contribution < 1.29 is 18.7 Å². The molecule has 1 unspecified atom stereocenters. The van der Waals surface area contributed by atoms with E-state index in [1.807, 2.05) is 0 Å². The van der Waals surface area contributed by atoms with Gasteiger partial charge in [0, 0.05) is 12.2 Å². The maximum Gasteiger partial charge on any atom is 0.307 e. The fourth-order valence-electron chi connectivity index (χ4n) is 2.76. The summed E-state index contributed by atoms with van der Waals surface area (Å²) < 4.78 is 19.4.